The van der Waals surface area contributed by atoms with Gasteiger partial charge in [0.2, 0.25) is 5.91 Å². The van der Waals surface area contributed by atoms with Gasteiger partial charge < -0.3 is 4.74 Å². The van der Waals surface area contributed by atoms with Crippen molar-refractivity contribution in [3.8, 4) is 0 Å². The summed E-state index contributed by atoms with van der Waals surface area (Å²) in [5.74, 6) is -0.790. The van der Waals surface area contributed by atoms with Crippen LogP contribution in [-0.2, 0) is 27.5 Å². The normalized spacial score (nSPS) is 10.6. The second-order valence-electron chi connectivity index (χ2n) is 6.41. The summed E-state index contributed by atoms with van der Waals surface area (Å²) in [6.07, 6.45) is 0. The molecule has 0 atom stereocenters. The zero-order valence-corrected chi connectivity index (χ0v) is 17.4. The van der Waals surface area contributed by atoms with Gasteiger partial charge in [0.1, 0.15) is 24.5 Å². The Morgan fingerprint density at radius 1 is 1.27 bits per heavy atom. The first-order valence-electron chi connectivity index (χ1n) is 8.92. The van der Waals surface area contributed by atoms with E-state index in [0.29, 0.717) is 16.5 Å². The molecule has 10 nitrogen and oxygen atoms in total. The molecule has 0 unspecified atom stereocenters. The molecule has 1 aromatic carbocycles. The van der Waals surface area contributed by atoms with Crippen molar-refractivity contribution in [3.63, 3.8) is 0 Å². The van der Waals surface area contributed by atoms with E-state index in [9.17, 15) is 19.7 Å². The molecule has 11 heteroatoms. The number of amides is 1. The van der Waals surface area contributed by atoms with Crippen molar-refractivity contribution >= 4 is 39.7 Å². The first kappa shape index (κ1) is 21.1. The largest absolute Gasteiger partial charge is 0.458 e. The molecule has 0 spiro atoms. The molecule has 3 rings (SSSR count). The molecule has 0 bridgehead atoms. The highest BCUT2D eigenvalue weighted by atomic mass is 32.1. The van der Waals surface area contributed by atoms with E-state index in [2.05, 4.69) is 10.1 Å². The van der Waals surface area contributed by atoms with Crippen LogP contribution in [0.3, 0.4) is 0 Å². The number of nitrogens with zero attached hydrogens (tertiary/aromatic N) is 5. The van der Waals surface area contributed by atoms with Gasteiger partial charge in [-0.1, -0.05) is 18.2 Å². The van der Waals surface area contributed by atoms with Crippen LogP contribution in [0.15, 0.2) is 35.7 Å². The minimum atomic E-state index is -0.600. The molecule has 0 N–H and O–H groups in total. The third-order valence-corrected chi connectivity index (χ3v) is 5.12. The SMILES string of the molecule is CC(=O)N(c1ccccc1)c1nc(COC(=O)Cn2nc(C)c([N+](=O)[O-])c2C)cs1. The zero-order valence-electron chi connectivity index (χ0n) is 16.6. The molecule has 0 aliphatic heterocycles. The summed E-state index contributed by atoms with van der Waals surface area (Å²) in [6.45, 7) is 4.15. The van der Waals surface area contributed by atoms with Gasteiger partial charge in [0.25, 0.3) is 0 Å². The Labute approximate surface area is 175 Å². The fraction of sp³-hybridized carbons (Fsp3) is 0.263. The summed E-state index contributed by atoms with van der Waals surface area (Å²) in [5, 5.41) is 17.3. The fourth-order valence-corrected chi connectivity index (χ4v) is 3.77. The van der Waals surface area contributed by atoms with Crippen molar-refractivity contribution in [1.82, 2.24) is 14.8 Å². The van der Waals surface area contributed by atoms with Gasteiger partial charge in [-0.25, -0.2) is 4.98 Å². The van der Waals surface area contributed by atoms with Gasteiger partial charge in [-0.15, -0.1) is 11.3 Å². The van der Waals surface area contributed by atoms with Crippen LogP contribution in [0.5, 0.6) is 0 Å². The van der Waals surface area contributed by atoms with Crippen molar-refractivity contribution in [2.45, 2.75) is 33.9 Å². The molecule has 0 aliphatic rings. The van der Waals surface area contributed by atoms with E-state index in [-0.39, 0.29) is 36.1 Å². The maximum atomic E-state index is 12.2. The number of rotatable bonds is 7. The minimum absolute atomic E-state index is 0.0861. The number of esters is 1. The Morgan fingerprint density at radius 3 is 2.57 bits per heavy atom. The Kier molecular flexibility index (Phi) is 6.21. The highest BCUT2D eigenvalue weighted by Gasteiger charge is 2.23. The summed E-state index contributed by atoms with van der Waals surface area (Å²) in [7, 11) is 0. The molecule has 0 radical (unpaired) electrons. The van der Waals surface area contributed by atoms with Crippen LogP contribution >= 0.6 is 11.3 Å². The predicted octanol–water partition coefficient (Wildman–Crippen LogP) is 3.29. The molecule has 2 aromatic heterocycles. The zero-order chi connectivity index (χ0) is 21.8. The Balaban J connectivity index is 1.65. The van der Waals surface area contributed by atoms with E-state index < -0.39 is 10.9 Å². The van der Waals surface area contributed by atoms with Crippen molar-refractivity contribution in [3.05, 3.63) is 62.9 Å². The number of benzene rings is 1. The van der Waals surface area contributed by atoms with E-state index in [4.69, 9.17) is 4.74 Å². The van der Waals surface area contributed by atoms with Crippen LogP contribution in [0.25, 0.3) is 0 Å². The average Bonchev–Trinajstić information content (AvgIpc) is 3.25. The van der Waals surface area contributed by atoms with Gasteiger partial charge in [0, 0.05) is 12.3 Å². The highest BCUT2D eigenvalue weighted by Crippen LogP contribution is 2.29. The predicted molar refractivity (Wildman–Crippen MR) is 110 cm³/mol. The Bertz CT molecular complexity index is 1090. The summed E-state index contributed by atoms with van der Waals surface area (Å²) < 4.78 is 6.47. The topological polar surface area (TPSA) is 120 Å². The van der Waals surface area contributed by atoms with E-state index in [1.165, 1.54) is 41.7 Å². The monoisotopic (exact) mass is 429 g/mol. The lowest BCUT2D eigenvalue weighted by Crippen LogP contribution is -2.22. The number of thiazole rings is 1. The smallest absolute Gasteiger partial charge is 0.328 e. The summed E-state index contributed by atoms with van der Waals surface area (Å²) in [6, 6.07) is 9.11. The van der Waals surface area contributed by atoms with Crippen LogP contribution in [-0.4, -0.2) is 31.6 Å². The lowest BCUT2D eigenvalue weighted by Gasteiger charge is -2.17. The molecule has 0 fully saturated rings. The summed E-state index contributed by atoms with van der Waals surface area (Å²) in [5.41, 5.74) is 1.58. The molecule has 0 aliphatic carbocycles. The minimum Gasteiger partial charge on any atom is -0.458 e. The fourth-order valence-electron chi connectivity index (χ4n) is 2.90. The van der Waals surface area contributed by atoms with Crippen LogP contribution in [0.4, 0.5) is 16.5 Å². The standard InChI is InChI=1S/C19H19N5O5S/c1-12-18(24(27)28)13(2)22(21-12)9-17(26)29-10-15-11-30-19(20-15)23(14(3)25)16-7-5-4-6-8-16/h4-8,11H,9-10H2,1-3H3. The number of hydrogen-bond acceptors (Lipinski definition) is 8. The summed E-state index contributed by atoms with van der Waals surface area (Å²) in [4.78, 5) is 40.6. The lowest BCUT2D eigenvalue weighted by molar-refractivity contribution is -0.386. The highest BCUT2D eigenvalue weighted by molar-refractivity contribution is 7.14. The number of para-hydroxylation sites is 1. The van der Waals surface area contributed by atoms with Crippen LogP contribution < -0.4 is 4.90 Å². The van der Waals surface area contributed by atoms with Crippen LogP contribution in [0, 0.1) is 24.0 Å². The van der Waals surface area contributed by atoms with Gasteiger partial charge >= 0.3 is 11.7 Å². The van der Waals surface area contributed by atoms with E-state index in [0.717, 1.165) is 0 Å². The van der Waals surface area contributed by atoms with E-state index >= 15 is 0 Å². The molecule has 2 heterocycles. The van der Waals surface area contributed by atoms with Gasteiger partial charge in [-0.2, -0.15) is 5.10 Å². The number of anilines is 2. The molecular weight excluding hydrogens is 410 g/mol. The Morgan fingerprint density at radius 2 is 1.97 bits per heavy atom. The number of aryl methyl sites for hydroxylation is 1. The first-order valence-corrected chi connectivity index (χ1v) is 9.80. The number of carbonyl (C=O) groups excluding carboxylic acids is 2. The third-order valence-electron chi connectivity index (χ3n) is 4.25. The summed E-state index contributed by atoms with van der Waals surface area (Å²) >= 11 is 1.26. The van der Waals surface area contributed by atoms with Crippen LogP contribution in [0.2, 0.25) is 0 Å². The molecule has 156 valence electrons. The van der Waals surface area contributed by atoms with E-state index in [1.807, 2.05) is 18.2 Å². The van der Waals surface area contributed by atoms with Gasteiger partial charge in [-0.05, 0) is 26.0 Å². The van der Waals surface area contributed by atoms with Crippen molar-refractivity contribution < 1.29 is 19.2 Å². The molecule has 0 saturated carbocycles. The number of aromatic nitrogens is 3. The number of nitro groups is 1. The van der Waals surface area contributed by atoms with Gasteiger partial charge in [-0.3, -0.25) is 29.3 Å². The third kappa shape index (κ3) is 4.51. The number of carbonyl (C=O) groups is 2. The number of hydrogen-bond donors (Lipinski definition) is 0. The second kappa shape index (κ2) is 8.82. The van der Waals surface area contributed by atoms with Crippen molar-refractivity contribution in [1.29, 1.82) is 0 Å². The molecule has 0 saturated heterocycles. The van der Waals surface area contributed by atoms with Gasteiger partial charge in [0.05, 0.1) is 16.3 Å². The molecular formula is C19H19N5O5S. The molecule has 30 heavy (non-hydrogen) atoms. The van der Waals surface area contributed by atoms with E-state index in [1.54, 1.807) is 17.5 Å². The lowest BCUT2D eigenvalue weighted by atomic mass is 10.3. The second-order valence-corrected chi connectivity index (χ2v) is 7.24. The number of ether oxygens (including phenoxy) is 1. The quantitative estimate of drug-likeness (QED) is 0.321. The van der Waals surface area contributed by atoms with Crippen molar-refractivity contribution in [2.75, 3.05) is 4.90 Å². The van der Waals surface area contributed by atoms with Crippen molar-refractivity contribution in [2.24, 2.45) is 0 Å². The Hall–Kier alpha value is -3.60. The van der Waals surface area contributed by atoms with Gasteiger partial charge in [0.15, 0.2) is 5.13 Å². The van der Waals surface area contributed by atoms with Crippen LogP contribution in [0.1, 0.15) is 24.0 Å². The molecule has 1 amide bonds. The molecule has 3 aromatic rings. The maximum Gasteiger partial charge on any atom is 0.328 e. The average molecular weight is 429 g/mol. The maximum absolute atomic E-state index is 12.2. The first-order chi connectivity index (χ1) is 14.3.